The Hall–Kier alpha value is -1.74. The van der Waals surface area contributed by atoms with E-state index in [0.29, 0.717) is 12.3 Å². The number of pyridine rings is 1. The molecule has 0 amide bonds. The number of benzene rings is 1. The van der Waals surface area contributed by atoms with Crippen molar-refractivity contribution in [1.29, 1.82) is 0 Å². The summed E-state index contributed by atoms with van der Waals surface area (Å²) in [5, 5.41) is 1.17. The molecule has 2 aromatic rings. The zero-order chi connectivity index (χ0) is 12.4. The molecule has 0 N–H and O–H groups in total. The molecule has 0 radical (unpaired) electrons. The molecule has 0 atom stereocenters. The predicted molar refractivity (Wildman–Crippen MR) is 71.3 cm³/mol. The first kappa shape index (κ1) is 11.4. The number of hydrogen-bond acceptors (Lipinski definition) is 3. The smallest absolute Gasteiger partial charge is 0.146 e. The highest BCUT2D eigenvalue weighted by Crippen LogP contribution is 2.19. The van der Waals surface area contributed by atoms with Gasteiger partial charge in [-0.25, -0.2) is 0 Å². The normalized spacial score (nSPS) is 17.2. The van der Waals surface area contributed by atoms with Crippen LogP contribution in [0.4, 0.5) is 0 Å². The summed E-state index contributed by atoms with van der Waals surface area (Å²) in [7, 11) is 0. The maximum atomic E-state index is 11.5. The Bertz CT molecular complexity index is 574. The van der Waals surface area contributed by atoms with Crippen molar-refractivity contribution in [1.82, 2.24) is 9.88 Å². The first-order valence-corrected chi connectivity index (χ1v) is 6.39. The van der Waals surface area contributed by atoms with Crippen LogP contribution in [0.5, 0.6) is 0 Å². The van der Waals surface area contributed by atoms with Gasteiger partial charge in [-0.1, -0.05) is 24.3 Å². The van der Waals surface area contributed by atoms with Gasteiger partial charge < -0.3 is 0 Å². The zero-order valence-electron chi connectivity index (χ0n) is 10.3. The molecule has 1 aliphatic rings. The van der Waals surface area contributed by atoms with Crippen molar-refractivity contribution >= 4 is 16.7 Å². The standard InChI is InChI=1S/C15H16N2O/c18-14-7-3-9-17(11-14)10-13-5-1-4-12-6-2-8-16-15(12)13/h1-2,4-6,8H,3,7,9-11H2. The summed E-state index contributed by atoms with van der Waals surface area (Å²) >= 11 is 0. The number of Topliss-reactive ketones (excluding diaryl/α,β-unsaturated/α-hetero) is 1. The molecule has 1 saturated heterocycles. The highest BCUT2D eigenvalue weighted by atomic mass is 16.1. The average molecular weight is 240 g/mol. The molecular weight excluding hydrogens is 224 g/mol. The lowest BCUT2D eigenvalue weighted by Crippen LogP contribution is -2.35. The molecule has 1 aromatic carbocycles. The lowest BCUT2D eigenvalue weighted by molar-refractivity contribution is -0.122. The molecule has 3 heteroatoms. The van der Waals surface area contributed by atoms with E-state index in [4.69, 9.17) is 0 Å². The van der Waals surface area contributed by atoms with Gasteiger partial charge in [0.15, 0.2) is 0 Å². The molecule has 0 bridgehead atoms. The van der Waals surface area contributed by atoms with Crippen LogP contribution in [0.15, 0.2) is 36.5 Å². The van der Waals surface area contributed by atoms with Gasteiger partial charge in [0.05, 0.1) is 12.1 Å². The van der Waals surface area contributed by atoms with Crippen LogP contribution in [0, 0.1) is 0 Å². The number of aromatic nitrogens is 1. The minimum absolute atomic E-state index is 0.356. The van der Waals surface area contributed by atoms with Crippen LogP contribution in [-0.4, -0.2) is 28.8 Å². The van der Waals surface area contributed by atoms with Gasteiger partial charge in [-0.3, -0.25) is 14.7 Å². The number of carbonyl (C=O) groups is 1. The van der Waals surface area contributed by atoms with E-state index in [2.05, 4.69) is 34.1 Å². The summed E-state index contributed by atoms with van der Waals surface area (Å²) in [6, 6.07) is 10.3. The second kappa shape index (κ2) is 4.86. The highest BCUT2D eigenvalue weighted by molar-refractivity contribution is 5.82. The Kier molecular flexibility index (Phi) is 3.07. The van der Waals surface area contributed by atoms with Gasteiger partial charge in [0, 0.05) is 24.5 Å². The summed E-state index contributed by atoms with van der Waals surface area (Å²) in [6.07, 6.45) is 3.55. The van der Waals surface area contributed by atoms with E-state index in [1.807, 2.05) is 12.3 Å². The van der Waals surface area contributed by atoms with Crippen molar-refractivity contribution in [3.63, 3.8) is 0 Å². The number of ketones is 1. The predicted octanol–water partition coefficient (Wildman–Crippen LogP) is 2.40. The molecule has 1 aromatic heterocycles. The molecule has 3 nitrogen and oxygen atoms in total. The SMILES string of the molecule is O=C1CCCN(Cc2cccc3cccnc23)C1. The van der Waals surface area contributed by atoms with Crippen LogP contribution in [0.3, 0.4) is 0 Å². The summed E-state index contributed by atoms with van der Waals surface area (Å²) in [6.45, 7) is 2.41. The van der Waals surface area contributed by atoms with Crippen molar-refractivity contribution in [2.24, 2.45) is 0 Å². The van der Waals surface area contributed by atoms with Crippen LogP contribution >= 0.6 is 0 Å². The number of nitrogens with zero attached hydrogens (tertiary/aromatic N) is 2. The van der Waals surface area contributed by atoms with Crippen molar-refractivity contribution < 1.29 is 4.79 Å². The molecule has 1 fully saturated rings. The van der Waals surface area contributed by atoms with Crippen LogP contribution < -0.4 is 0 Å². The monoisotopic (exact) mass is 240 g/mol. The van der Waals surface area contributed by atoms with Crippen LogP contribution in [0.25, 0.3) is 10.9 Å². The largest absolute Gasteiger partial charge is 0.298 e. The fraction of sp³-hybridized carbons (Fsp3) is 0.333. The Morgan fingerprint density at radius 1 is 1.22 bits per heavy atom. The third-order valence-corrected chi connectivity index (χ3v) is 3.44. The minimum atomic E-state index is 0.356. The topological polar surface area (TPSA) is 33.2 Å². The number of fused-ring (bicyclic) bond motifs is 1. The summed E-state index contributed by atoms with van der Waals surface area (Å²) in [5.74, 6) is 0.356. The molecule has 1 aliphatic heterocycles. The molecule has 0 aliphatic carbocycles. The molecule has 92 valence electrons. The van der Waals surface area contributed by atoms with Crippen molar-refractivity contribution in [2.45, 2.75) is 19.4 Å². The van der Waals surface area contributed by atoms with Gasteiger partial charge in [-0.15, -0.1) is 0 Å². The van der Waals surface area contributed by atoms with Gasteiger partial charge in [0.2, 0.25) is 0 Å². The fourth-order valence-electron chi connectivity index (χ4n) is 2.58. The Morgan fingerprint density at radius 2 is 2.11 bits per heavy atom. The van der Waals surface area contributed by atoms with Crippen molar-refractivity contribution in [3.05, 3.63) is 42.1 Å². The van der Waals surface area contributed by atoms with Gasteiger partial charge in [-0.05, 0) is 24.6 Å². The van der Waals surface area contributed by atoms with Gasteiger partial charge in [0.25, 0.3) is 0 Å². The van der Waals surface area contributed by atoms with E-state index in [1.54, 1.807) is 0 Å². The molecular formula is C15H16N2O. The van der Waals surface area contributed by atoms with E-state index >= 15 is 0 Å². The summed E-state index contributed by atoms with van der Waals surface area (Å²) in [5.41, 5.74) is 2.26. The number of para-hydroxylation sites is 1. The highest BCUT2D eigenvalue weighted by Gasteiger charge is 2.17. The average Bonchev–Trinajstić information content (AvgIpc) is 2.39. The molecule has 0 saturated carbocycles. The van der Waals surface area contributed by atoms with E-state index in [0.717, 1.165) is 31.4 Å². The molecule has 2 heterocycles. The summed E-state index contributed by atoms with van der Waals surface area (Å²) in [4.78, 5) is 18.1. The number of likely N-dealkylation sites (tertiary alicyclic amines) is 1. The molecule has 0 unspecified atom stereocenters. The van der Waals surface area contributed by atoms with E-state index < -0.39 is 0 Å². The Morgan fingerprint density at radius 3 is 3.00 bits per heavy atom. The van der Waals surface area contributed by atoms with Gasteiger partial charge in [0.1, 0.15) is 5.78 Å². The second-order valence-electron chi connectivity index (χ2n) is 4.85. The quantitative estimate of drug-likeness (QED) is 0.808. The first-order chi connectivity index (χ1) is 8.83. The van der Waals surface area contributed by atoms with Gasteiger partial charge in [-0.2, -0.15) is 0 Å². The number of rotatable bonds is 2. The van der Waals surface area contributed by atoms with Crippen LogP contribution in [-0.2, 0) is 11.3 Å². The third kappa shape index (κ3) is 2.27. The Balaban J connectivity index is 1.88. The van der Waals surface area contributed by atoms with Gasteiger partial charge >= 0.3 is 0 Å². The number of hydrogen-bond donors (Lipinski definition) is 0. The van der Waals surface area contributed by atoms with Crippen molar-refractivity contribution in [2.75, 3.05) is 13.1 Å². The lowest BCUT2D eigenvalue weighted by atomic mass is 10.1. The second-order valence-corrected chi connectivity index (χ2v) is 4.85. The van der Waals surface area contributed by atoms with Crippen molar-refractivity contribution in [3.8, 4) is 0 Å². The number of piperidine rings is 1. The summed E-state index contributed by atoms with van der Waals surface area (Å²) < 4.78 is 0. The van der Waals surface area contributed by atoms with Crippen LogP contribution in [0.1, 0.15) is 18.4 Å². The van der Waals surface area contributed by atoms with Crippen LogP contribution in [0.2, 0.25) is 0 Å². The molecule has 18 heavy (non-hydrogen) atoms. The Labute approximate surface area is 106 Å². The van der Waals surface area contributed by atoms with E-state index in [9.17, 15) is 4.79 Å². The van der Waals surface area contributed by atoms with E-state index in [-0.39, 0.29) is 0 Å². The zero-order valence-corrected chi connectivity index (χ0v) is 10.3. The van der Waals surface area contributed by atoms with E-state index in [1.165, 1.54) is 10.9 Å². The molecule has 3 rings (SSSR count). The first-order valence-electron chi connectivity index (χ1n) is 6.39. The lowest BCUT2D eigenvalue weighted by Gasteiger charge is -2.25. The number of carbonyl (C=O) groups excluding carboxylic acids is 1. The minimum Gasteiger partial charge on any atom is -0.298 e. The third-order valence-electron chi connectivity index (χ3n) is 3.44. The maximum absolute atomic E-state index is 11.5. The fourth-order valence-corrected chi connectivity index (χ4v) is 2.58. The molecule has 0 spiro atoms. The maximum Gasteiger partial charge on any atom is 0.146 e.